The van der Waals surface area contributed by atoms with Crippen LogP contribution in [0.4, 0.5) is 0 Å². The second kappa shape index (κ2) is 6.81. The lowest BCUT2D eigenvalue weighted by molar-refractivity contribution is 0.488. The highest BCUT2D eigenvalue weighted by Gasteiger charge is 2.13. The van der Waals surface area contributed by atoms with Crippen LogP contribution in [0.25, 0.3) is 0 Å². The highest BCUT2D eigenvalue weighted by atomic mass is 32.2. The molecule has 0 unspecified atom stereocenters. The van der Waals surface area contributed by atoms with Gasteiger partial charge >= 0.3 is 10.1 Å². The number of para-hydroxylation sites is 1. The van der Waals surface area contributed by atoms with Gasteiger partial charge in [0, 0.05) is 10.6 Å². The van der Waals surface area contributed by atoms with Crippen molar-refractivity contribution >= 4 is 21.9 Å². The number of hydrogen-bond acceptors (Lipinski definition) is 4. The van der Waals surface area contributed by atoms with Crippen molar-refractivity contribution in [3.8, 4) is 5.75 Å². The largest absolute Gasteiger partial charge is 0.382 e. The lowest BCUT2D eigenvalue weighted by Crippen LogP contribution is -2.15. The summed E-state index contributed by atoms with van der Waals surface area (Å²) >= 11 is 1.53. The summed E-state index contributed by atoms with van der Waals surface area (Å²) in [6, 6.07) is 16.5. The molecule has 2 rings (SSSR count). The number of aryl methyl sites for hydroxylation is 1. The molecule has 0 radical (unpaired) electrons. The Balaban J connectivity index is 1.89. The average Bonchev–Trinajstić information content (AvgIpc) is 2.41. The van der Waals surface area contributed by atoms with Gasteiger partial charge in [0.1, 0.15) is 5.75 Å². The zero-order valence-corrected chi connectivity index (χ0v) is 12.8. The Bertz CT molecular complexity index is 652. The molecule has 0 spiro atoms. The summed E-state index contributed by atoms with van der Waals surface area (Å²) in [7, 11) is -3.54. The molecule has 0 saturated carbocycles. The molecule has 0 N–H and O–H groups in total. The summed E-state index contributed by atoms with van der Waals surface area (Å²) in [5.74, 6) is 0.814. The van der Waals surface area contributed by atoms with E-state index < -0.39 is 10.1 Å². The van der Waals surface area contributed by atoms with Gasteiger partial charge in [-0.05, 0) is 30.7 Å². The molecule has 2 aromatic rings. The van der Waals surface area contributed by atoms with Crippen LogP contribution in [0.15, 0.2) is 59.5 Å². The SMILES string of the molecule is Cc1ccccc1SCCS(=O)(=O)Oc1ccccc1. The van der Waals surface area contributed by atoms with E-state index in [1.165, 1.54) is 11.8 Å². The van der Waals surface area contributed by atoms with Crippen molar-refractivity contribution in [3.05, 3.63) is 60.2 Å². The normalized spacial score (nSPS) is 11.2. The molecule has 0 fully saturated rings. The maximum absolute atomic E-state index is 11.8. The fraction of sp³-hybridized carbons (Fsp3) is 0.200. The monoisotopic (exact) mass is 308 g/mol. The number of thioether (sulfide) groups is 1. The molecule has 3 nitrogen and oxygen atoms in total. The van der Waals surface area contributed by atoms with E-state index in [-0.39, 0.29) is 5.75 Å². The predicted molar refractivity (Wildman–Crippen MR) is 82.8 cm³/mol. The fourth-order valence-electron chi connectivity index (χ4n) is 1.64. The first-order chi connectivity index (χ1) is 9.57. The molecule has 0 amide bonds. The first kappa shape index (κ1) is 14.9. The van der Waals surface area contributed by atoms with Crippen molar-refractivity contribution in [1.82, 2.24) is 0 Å². The van der Waals surface area contributed by atoms with Crippen molar-refractivity contribution in [3.63, 3.8) is 0 Å². The average molecular weight is 308 g/mol. The fourth-order valence-corrected chi connectivity index (χ4v) is 3.96. The highest BCUT2D eigenvalue weighted by molar-refractivity contribution is 8.00. The van der Waals surface area contributed by atoms with Crippen LogP contribution in [0, 0.1) is 6.92 Å². The summed E-state index contributed by atoms with van der Waals surface area (Å²) < 4.78 is 28.7. The van der Waals surface area contributed by atoms with Crippen LogP contribution in [-0.4, -0.2) is 19.9 Å². The van der Waals surface area contributed by atoms with Crippen LogP contribution in [-0.2, 0) is 10.1 Å². The van der Waals surface area contributed by atoms with Gasteiger partial charge in [-0.3, -0.25) is 0 Å². The molecule has 0 saturated heterocycles. The maximum atomic E-state index is 11.8. The predicted octanol–water partition coefficient (Wildman–Crippen LogP) is 3.50. The van der Waals surface area contributed by atoms with Gasteiger partial charge in [0.25, 0.3) is 0 Å². The lowest BCUT2D eigenvalue weighted by atomic mass is 10.2. The number of benzene rings is 2. The molecular weight excluding hydrogens is 292 g/mol. The van der Waals surface area contributed by atoms with E-state index in [4.69, 9.17) is 4.18 Å². The number of hydrogen-bond donors (Lipinski definition) is 0. The Morgan fingerprint density at radius 3 is 2.35 bits per heavy atom. The van der Waals surface area contributed by atoms with E-state index in [0.717, 1.165) is 10.5 Å². The first-order valence-electron chi connectivity index (χ1n) is 6.22. The summed E-state index contributed by atoms with van der Waals surface area (Å²) in [4.78, 5) is 1.10. The van der Waals surface area contributed by atoms with Crippen LogP contribution in [0.5, 0.6) is 5.75 Å². The molecule has 0 aliphatic heterocycles. The molecule has 0 aliphatic rings. The van der Waals surface area contributed by atoms with Crippen molar-refractivity contribution in [1.29, 1.82) is 0 Å². The standard InChI is InChI=1S/C15H16O3S2/c1-13-7-5-6-10-15(13)19-11-12-20(16,17)18-14-8-3-2-4-9-14/h2-10H,11-12H2,1H3. The van der Waals surface area contributed by atoms with E-state index in [2.05, 4.69) is 0 Å². The smallest absolute Gasteiger partial charge is 0.310 e. The molecule has 2 aromatic carbocycles. The van der Waals surface area contributed by atoms with E-state index in [0.29, 0.717) is 11.5 Å². The van der Waals surface area contributed by atoms with Crippen molar-refractivity contribution in [2.45, 2.75) is 11.8 Å². The molecule has 0 atom stereocenters. The third-order valence-electron chi connectivity index (χ3n) is 2.65. The Kier molecular flexibility index (Phi) is 5.09. The van der Waals surface area contributed by atoms with Crippen molar-refractivity contribution in [2.24, 2.45) is 0 Å². The van der Waals surface area contributed by atoms with Gasteiger partial charge < -0.3 is 4.18 Å². The van der Waals surface area contributed by atoms with Gasteiger partial charge in [-0.15, -0.1) is 11.8 Å². The Hall–Kier alpha value is -1.46. The zero-order chi connectivity index (χ0) is 14.4. The van der Waals surface area contributed by atoms with E-state index in [1.807, 2.05) is 37.3 Å². The van der Waals surface area contributed by atoms with Gasteiger partial charge in [-0.1, -0.05) is 36.4 Å². The quantitative estimate of drug-likeness (QED) is 0.605. The van der Waals surface area contributed by atoms with E-state index >= 15 is 0 Å². The van der Waals surface area contributed by atoms with Crippen molar-refractivity contribution < 1.29 is 12.6 Å². The molecule has 106 valence electrons. The van der Waals surface area contributed by atoms with Crippen LogP contribution < -0.4 is 4.18 Å². The van der Waals surface area contributed by atoms with E-state index in [9.17, 15) is 8.42 Å². The molecule has 0 aliphatic carbocycles. The van der Waals surface area contributed by atoms with Crippen molar-refractivity contribution in [2.75, 3.05) is 11.5 Å². The van der Waals surface area contributed by atoms with Crippen LogP contribution in [0.2, 0.25) is 0 Å². The molecule has 5 heteroatoms. The molecule has 0 aromatic heterocycles. The Morgan fingerprint density at radius 1 is 1.00 bits per heavy atom. The minimum absolute atomic E-state index is 0.0130. The third-order valence-corrected chi connectivity index (χ3v) is 5.24. The molecular formula is C15H16O3S2. The maximum Gasteiger partial charge on any atom is 0.310 e. The molecule has 20 heavy (non-hydrogen) atoms. The first-order valence-corrected chi connectivity index (χ1v) is 8.79. The van der Waals surface area contributed by atoms with Gasteiger partial charge in [-0.2, -0.15) is 8.42 Å². The van der Waals surface area contributed by atoms with Gasteiger partial charge in [0.15, 0.2) is 0 Å². The Labute approximate surface area is 124 Å². The van der Waals surface area contributed by atoms with Crippen LogP contribution >= 0.6 is 11.8 Å². The van der Waals surface area contributed by atoms with Crippen LogP contribution in [0.3, 0.4) is 0 Å². The van der Waals surface area contributed by atoms with E-state index in [1.54, 1.807) is 24.3 Å². The zero-order valence-electron chi connectivity index (χ0n) is 11.2. The summed E-state index contributed by atoms with van der Waals surface area (Å²) in [6.45, 7) is 2.01. The molecule has 0 bridgehead atoms. The lowest BCUT2D eigenvalue weighted by Gasteiger charge is -2.07. The summed E-state index contributed by atoms with van der Waals surface area (Å²) in [6.07, 6.45) is 0. The minimum Gasteiger partial charge on any atom is -0.382 e. The molecule has 0 heterocycles. The summed E-state index contributed by atoms with van der Waals surface area (Å²) in [5.41, 5.74) is 1.15. The number of rotatable bonds is 6. The second-order valence-electron chi connectivity index (χ2n) is 4.27. The van der Waals surface area contributed by atoms with Gasteiger partial charge in [0.05, 0.1) is 5.75 Å². The minimum atomic E-state index is -3.54. The highest BCUT2D eigenvalue weighted by Crippen LogP contribution is 2.22. The topological polar surface area (TPSA) is 43.4 Å². The van der Waals surface area contributed by atoms with Gasteiger partial charge in [0.2, 0.25) is 0 Å². The van der Waals surface area contributed by atoms with Crippen LogP contribution in [0.1, 0.15) is 5.56 Å². The summed E-state index contributed by atoms with van der Waals surface area (Å²) in [5, 5.41) is 0. The third kappa shape index (κ3) is 4.58. The second-order valence-corrected chi connectivity index (χ2v) is 7.10. The van der Waals surface area contributed by atoms with Gasteiger partial charge in [-0.25, -0.2) is 0 Å². The Morgan fingerprint density at radius 2 is 1.65 bits per heavy atom.